The second kappa shape index (κ2) is 5.74. The molecule has 3 nitrogen and oxygen atoms in total. The molecule has 1 aliphatic carbocycles. The summed E-state index contributed by atoms with van der Waals surface area (Å²) in [5, 5.41) is 10.1. The molecule has 0 bridgehead atoms. The molecule has 1 unspecified atom stereocenters. The Kier molecular flexibility index (Phi) is 3.83. The van der Waals surface area contributed by atoms with E-state index < -0.39 is 0 Å². The monoisotopic (exact) mass is 259 g/mol. The zero-order valence-corrected chi connectivity index (χ0v) is 11.2. The lowest BCUT2D eigenvalue weighted by atomic mass is 9.98. The summed E-state index contributed by atoms with van der Waals surface area (Å²) in [6.45, 7) is 0. The van der Waals surface area contributed by atoms with Gasteiger partial charge < -0.3 is 9.52 Å². The third kappa shape index (κ3) is 3.16. The van der Waals surface area contributed by atoms with E-state index >= 15 is 0 Å². The fraction of sp³-hybridized carbons (Fsp3) is 0.562. The fourth-order valence-corrected chi connectivity index (χ4v) is 3.04. The van der Waals surface area contributed by atoms with Crippen LogP contribution < -0.4 is 0 Å². The van der Waals surface area contributed by atoms with Crippen LogP contribution in [0.2, 0.25) is 0 Å². The van der Waals surface area contributed by atoms with E-state index in [4.69, 9.17) is 4.42 Å². The smallest absolute Gasteiger partial charge is 0.198 e. The molecule has 19 heavy (non-hydrogen) atoms. The highest BCUT2D eigenvalue weighted by molar-refractivity contribution is 5.72. The van der Waals surface area contributed by atoms with E-state index in [-0.39, 0.29) is 6.10 Å². The molecule has 2 aromatic rings. The second-order valence-corrected chi connectivity index (χ2v) is 5.66. The van der Waals surface area contributed by atoms with Crippen LogP contribution in [0.1, 0.15) is 44.4 Å². The highest BCUT2D eigenvalue weighted by atomic mass is 16.4. The van der Waals surface area contributed by atoms with Crippen LogP contribution in [0.5, 0.6) is 0 Å². The van der Waals surface area contributed by atoms with Gasteiger partial charge in [-0.05, 0) is 30.9 Å². The molecule has 0 aliphatic heterocycles. The van der Waals surface area contributed by atoms with E-state index in [0.717, 1.165) is 29.9 Å². The SMILES string of the molecule is OC(CCC1CCCC1)Cc1nc2ccccc2o1. The number of fused-ring (bicyclic) bond motifs is 1. The summed E-state index contributed by atoms with van der Waals surface area (Å²) in [6, 6.07) is 7.74. The lowest BCUT2D eigenvalue weighted by Gasteiger charge is -2.12. The first-order valence-corrected chi connectivity index (χ1v) is 7.34. The lowest BCUT2D eigenvalue weighted by molar-refractivity contribution is 0.147. The van der Waals surface area contributed by atoms with Gasteiger partial charge in [0.05, 0.1) is 12.5 Å². The fourth-order valence-electron chi connectivity index (χ4n) is 3.04. The van der Waals surface area contributed by atoms with Crippen LogP contribution in [0.15, 0.2) is 28.7 Å². The Hall–Kier alpha value is -1.35. The van der Waals surface area contributed by atoms with Gasteiger partial charge in [0.2, 0.25) is 0 Å². The van der Waals surface area contributed by atoms with E-state index in [1.165, 1.54) is 25.7 Å². The first-order valence-electron chi connectivity index (χ1n) is 7.34. The van der Waals surface area contributed by atoms with Gasteiger partial charge in [-0.2, -0.15) is 0 Å². The standard InChI is InChI=1S/C16H21NO2/c18-13(10-9-12-5-1-2-6-12)11-16-17-14-7-3-4-8-15(14)19-16/h3-4,7-8,12-13,18H,1-2,5-6,9-11H2. The summed E-state index contributed by atoms with van der Waals surface area (Å²) in [6.07, 6.45) is 7.63. The topological polar surface area (TPSA) is 46.3 Å². The Balaban J connectivity index is 1.54. The van der Waals surface area contributed by atoms with Crippen LogP contribution in [0.3, 0.4) is 0 Å². The molecule has 1 aromatic carbocycles. The maximum Gasteiger partial charge on any atom is 0.198 e. The van der Waals surface area contributed by atoms with E-state index in [0.29, 0.717) is 12.3 Å². The van der Waals surface area contributed by atoms with Crippen molar-refractivity contribution in [3.05, 3.63) is 30.2 Å². The number of rotatable bonds is 5. The van der Waals surface area contributed by atoms with E-state index in [9.17, 15) is 5.11 Å². The molecule has 1 saturated carbocycles. The molecule has 1 atom stereocenters. The van der Waals surface area contributed by atoms with Gasteiger partial charge in [-0.3, -0.25) is 0 Å². The highest BCUT2D eigenvalue weighted by Gasteiger charge is 2.17. The molecule has 1 aliphatic rings. The van der Waals surface area contributed by atoms with Crippen LogP contribution in [0.4, 0.5) is 0 Å². The number of oxazole rings is 1. The van der Waals surface area contributed by atoms with Crippen molar-refractivity contribution in [1.82, 2.24) is 4.98 Å². The summed E-state index contributed by atoms with van der Waals surface area (Å²) >= 11 is 0. The van der Waals surface area contributed by atoms with Crippen molar-refractivity contribution in [2.75, 3.05) is 0 Å². The third-order valence-electron chi connectivity index (χ3n) is 4.13. The molecule has 3 heteroatoms. The van der Waals surface area contributed by atoms with Gasteiger partial charge in [-0.15, -0.1) is 0 Å². The number of aliphatic hydroxyl groups is 1. The van der Waals surface area contributed by atoms with Crippen LogP contribution in [-0.2, 0) is 6.42 Å². The molecule has 0 radical (unpaired) electrons. The van der Waals surface area contributed by atoms with Crippen LogP contribution in [0, 0.1) is 5.92 Å². The maximum absolute atomic E-state index is 10.1. The molecule has 0 saturated heterocycles. The Labute approximate surface area is 113 Å². The van der Waals surface area contributed by atoms with Gasteiger partial charge in [-0.25, -0.2) is 4.98 Å². The molecule has 1 aromatic heterocycles. The number of aromatic nitrogens is 1. The lowest BCUT2D eigenvalue weighted by Crippen LogP contribution is -2.12. The van der Waals surface area contributed by atoms with Gasteiger partial charge in [0.1, 0.15) is 5.52 Å². The summed E-state index contributed by atoms with van der Waals surface area (Å²) in [4.78, 5) is 4.41. The highest BCUT2D eigenvalue weighted by Crippen LogP contribution is 2.29. The number of hydrogen-bond donors (Lipinski definition) is 1. The molecule has 102 valence electrons. The molecule has 1 heterocycles. The van der Waals surface area contributed by atoms with Crippen molar-refractivity contribution >= 4 is 11.1 Å². The average Bonchev–Trinajstić information content (AvgIpc) is 3.04. The Morgan fingerprint density at radius 3 is 2.84 bits per heavy atom. The predicted molar refractivity (Wildman–Crippen MR) is 74.9 cm³/mol. The van der Waals surface area contributed by atoms with Gasteiger partial charge in [0.15, 0.2) is 11.5 Å². The first kappa shape index (κ1) is 12.7. The van der Waals surface area contributed by atoms with Gasteiger partial charge >= 0.3 is 0 Å². The van der Waals surface area contributed by atoms with Crippen molar-refractivity contribution in [3.63, 3.8) is 0 Å². The molecule has 3 rings (SSSR count). The quantitative estimate of drug-likeness (QED) is 0.890. The number of para-hydroxylation sites is 2. The van der Waals surface area contributed by atoms with Crippen molar-refractivity contribution < 1.29 is 9.52 Å². The molecule has 0 amide bonds. The van der Waals surface area contributed by atoms with Gasteiger partial charge in [-0.1, -0.05) is 37.8 Å². The Bertz CT molecular complexity index is 495. The van der Waals surface area contributed by atoms with Crippen LogP contribution >= 0.6 is 0 Å². The van der Waals surface area contributed by atoms with E-state index in [1.807, 2.05) is 24.3 Å². The summed E-state index contributed by atoms with van der Waals surface area (Å²) in [5.41, 5.74) is 1.68. The minimum absolute atomic E-state index is 0.325. The van der Waals surface area contributed by atoms with Crippen molar-refractivity contribution in [1.29, 1.82) is 0 Å². The third-order valence-corrected chi connectivity index (χ3v) is 4.13. The molecule has 0 spiro atoms. The molecular weight excluding hydrogens is 238 g/mol. The Morgan fingerprint density at radius 2 is 2.05 bits per heavy atom. The zero-order valence-electron chi connectivity index (χ0n) is 11.2. The first-order chi connectivity index (χ1) is 9.31. The van der Waals surface area contributed by atoms with E-state index in [1.54, 1.807) is 0 Å². The van der Waals surface area contributed by atoms with Crippen LogP contribution in [-0.4, -0.2) is 16.2 Å². The second-order valence-electron chi connectivity index (χ2n) is 5.66. The minimum Gasteiger partial charge on any atom is -0.441 e. The number of benzene rings is 1. The number of nitrogens with zero attached hydrogens (tertiary/aromatic N) is 1. The van der Waals surface area contributed by atoms with Gasteiger partial charge in [0.25, 0.3) is 0 Å². The maximum atomic E-state index is 10.1. The van der Waals surface area contributed by atoms with E-state index in [2.05, 4.69) is 4.98 Å². The van der Waals surface area contributed by atoms with Crippen molar-refractivity contribution in [2.24, 2.45) is 5.92 Å². The summed E-state index contributed by atoms with van der Waals surface area (Å²) < 4.78 is 5.64. The molecule has 1 fully saturated rings. The molecular formula is C16H21NO2. The number of hydrogen-bond acceptors (Lipinski definition) is 3. The van der Waals surface area contributed by atoms with Gasteiger partial charge in [0, 0.05) is 0 Å². The van der Waals surface area contributed by atoms with Crippen molar-refractivity contribution in [3.8, 4) is 0 Å². The summed E-state index contributed by atoms with van der Waals surface area (Å²) in [5.74, 6) is 1.48. The predicted octanol–water partition coefficient (Wildman–Crippen LogP) is 3.70. The number of aliphatic hydroxyl groups excluding tert-OH is 1. The van der Waals surface area contributed by atoms with Crippen LogP contribution in [0.25, 0.3) is 11.1 Å². The Morgan fingerprint density at radius 1 is 1.26 bits per heavy atom. The average molecular weight is 259 g/mol. The molecule has 1 N–H and O–H groups in total. The summed E-state index contributed by atoms with van der Waals surface area (Å²) in [7, 11) is 0. The normalized spacial score (nSPS) is 18.2. The minimum atomic E-state index is -0.325. The largest absolute Gasteiger partial charge is 0.441 e. The zero-order chi connectivity index (χ0) is 13.1. The van der Waals surface area contributed by atoms with Crippen molar-refractivity contribution in [2.45, 2.75) is 51.0 Å².